The third-order valence-electron chi connectivity index (χ3n) is 5.68. The first-order valence-corrected chi connectivity index (χ1v) is 12.6. The van der Waals surface area contributed by atoms with Crippen LogP contribution >= 0.6 is 0 Å². The third-order valence-corrected chi connectivity index (χ3v) is 6.91. The molecule has 0 saturated carbocycles. The first-order valence-electron chi connectivity index (χ1n) is 11.2. The van der Waals surface area contributed by atoms with Gasteiger partial charge in [-0.05, 0) is 38.1 Å². The number of fused-ring (bicyclic) bond motifs is 2. The first kappa shape index (κ1) is 26.0. The molecular weight excluding hydrogens is 547 g/mol. The number of imidazole rings is 1. The molecule has 0 saturated heterocycles. The minimum atomic E-state index is -4.40. The number of nitrogens with zero attached hydrogens (tertiary/aromatic N) is 4. The van der Waals surface area contributed by atoms with Crippen molar-refractivity contribution in [3.05, 3.63) is 64.5 Å². The lowest BCUT2D eigenvalue weighted by molar-refractivity contribution is -0.287. The molecule has 1 aliphatic heterocycles. The van der Waals surface area contributed by atoms with Crippen molar-refractivity contribution in [2.45, 2.75) is 31.6 Å². The van der Waals surface area contributed by atoms with Crippen LogP contribution in [0.25, 0.3) is 11.0 Å². The van der Waals surface area contributed by atoms with Gasteiger partial charge in [-0.2, -0.15) is 8.42 Å². The molecule has 39 heavy (non-hydrogen) atoms. The van der Waals surface area contributed by atoms with Gasteiger partial charge in [0.25, 0.3) is 11.4 Å². The summed E-state index contributed by atoms with van der Waals surface area (Å²) in [5.74, 6) is -4.16. The number of nitrogens with one attached hydrogen (secondary N) is 1. The highest BCUT2D eigenvalue weighted by Crippen LogP contribution is 2.45. The highest BCUT2D eigenvalue weighted by Gasteiger charge is 2.46. The Bertz CT molecular complexity index is 1770. The van der Waals surface area contributed by atoms with Crippen molar-refractivity contribution in [2.24, 2.45) is 0 Å². The molecule has 1 aliphatic rings. The van der Waals surface area contributed by atoms with Crippen molar-refractivity contribution in [2.75, 3.05) is 11.4 Å². The van der Waals surface area contributed by atoms with E-state index in [0.717, 1.165) is 28.9 Å². The van der Waals surface area contributed by atoms with E-state index in [2.05, 4.69) is 24.5 Å². The minimum Gasteiger partial charge on any atom is -0.395 e. The number of hydrogen-bond acceptors (Lipinski definition) is 9. The Morgan fingerprint density at radius 2 is 1.90 bits per heavy atom. The molecule has 5 rings (SSSR count). The zero-order valence-electron chi connectivity index (χ0n) is 20.1. The summed E-state index contributed by atoms with van der Waals surface area (Å²) < 4.78 is 81.7. The molecule has 0 aliphatic carbocycles. The number of benzene rings is 2. The number of hydrogen-bond donors (Lipinski definition) is 1. The number of H-pyrrole nitrogens is 1. The second kappa shape index (κ2) is 9.30. The van der Waals surface area contributed by atoms with E-state index in [9.17, 15) is 26.8 Å². The van der Waals surface area contributed by atoms with E-state index in [1.54, 1.807) is 19.1 Å². The summed E-state index contributed by atoms with van der Waals surface area (Å²) in [5, 5.41) is 3.90. The summed E-state index contributed by atoms with van der Waals surface area (Å²) in [6.45, 7) is 2.30. The first-order chi connectivity index (χ1) is 18.4. The molecule has 12 nitrogen and oxygen atoms in total. The summed E-state index contributed by atoms with van der Waals surface area (Å²) in [4.78, 5) is 33.2. The Hall–Kier alpha value is -4.60. The maximum absolute atomic E-state index is 15.0. The Morgan fingerprint density at radius 1 is 1.18 bits per heavy atom. The van der Waals surface area contributed by atoms with Gasteiger partial charge in [0.1, 0.15) is 17.0 Å². The molecule has 2 aromatic heterocycles. The van der Waals surface area contributed by atoms with Crippen LogP contribution in [0.3, 0.4) is 0 Å². The minimum absolute atomic E-state index is 0.130. The molecule has 0 bridgehead atoms. The van der Waals surface area contributed by atoms with Gasteiger partial charge in [-0.25, -0.2) is 14.1 Å². The Labute approximate surface area is 217 Å². The molecule has 0 atom stereocenters. The molecule has 0 radical (unpaired) electrons. The number of aromatic nitrogens is 4. The van der Waals surface area contributed by atoms with Crippen LogP contribution in [-0.4, -0.2) is 46.9 Å². The molecule has 204 valence electrons. The fraction of sp³-hybridized carbons (Fsp3) is 0.217. The molecule has 0 spiro atoms. The number of carbonyl (C=O) groups excluding carboxylic acids is 1. The molecule has 2 aromatic carbocycles. The van der Waals surface area contributed by atoms with Crippen molar-refractivity contribution >= 4 is 32.7 Å². The lowest BCUT2D eigenvalue weighted by Crippen LogP contribution is -2.38. The number of alkyl halides is 2. The van der Waals surface area contributed by atoms with Gasteiger partial charge < -0.3 is 23.5 Å². The average Bonchev–Trinajstić information content (AvgIpc) is 3.48. The number of ether oxygens (including phenoxy) is 2. The summed E-state index contributed by atoms with van der Waals surface area (Å²) in [6.07, 6.45) is -2.96. The number of aryl methyl sites for hydroxylation is 1. The molecule has 4 aromatic rings. The van der Waals surface area contributed by atoms with E-state index in [0.29, 0.717) is 4.68 Å². The van der Waals surface area contributed by atoms with E-state index in [1.165, 1.54) is 19.1 Å². The van der Waals surface area contributed by atoms with Crippen LogP contribution in [0.15, 0.2) is 52.4 Å². The average molecular weight is 565 g/mol. The number of halogens is 3. The van der Waals surface area contributed by atoms with E-state index >= 15 is 4.39 Å². The molecule has 16 heteroatoms. The monoisotopic (exact) mass is 565 g/mol. The normalized spacial score (nSPS) is 14.0. The van der Waals surface area contributed by atoms with Crippen LogP contribution in [0.1, 0.15) is 12.5 Å². The molecule has 0 unspecified atom stereocenters. The van der Waals surface area contributed by atoms with Gasteiger partial charge in [0.15, 0.2) is 17.1 Å². The van der Waals surface area contributed by atoms with Crippen LogP contribution in [0.5, 0.6) is 17.4 Å². The standard InChI is InChI=1S/C23H18F3N5O7S/c1-3-30(14-8-9-15-20(17(14)24)37-23(25,26)36-15)16(32)10-31-22(33)19-18(27-11-28-19)21(29-31)38-39(34,35)13-6-4-12(2)5-7-13/h4-9,11H,3,10H2,1-2H3,(H,27,28). The van der Waals surface area contributed by atoms with Crippen LogP contribution in [0.2, 0.25) is 0 Å². The highest BCUT2D eigenvalue weighted by atomic mass is 32.2. The lowest BCUT2D eigenvalue weighted by atomic mass is 10.2. The van der Waals surface area contributed by atoms with Gasteiger partial charge in [0.05, 0.1) is 12.0 Å². The highest BCUT2D eigenvalue weighted by molar-refractivity contribution is 7.87. The van der Waals surface area contributed by atoms with Gasteiger partial charge in [0, 0.05) is 6.54 Å². The number of carbonyl (C=O) groups is 1. The Balaban J connectivity index is 1.48. The van der Waals surface area contributed by atoms with Crippen LogP contribution in [-0.2, 0) is 21.5 Å². The van der Waals surface area contributed by atoms with Crippen LogP contribution in [0.4, 0.5) is 18.9 Å². The van der Waals surface area contributed by atoms with Gasteiger partial charge in [0.2, 0.25) is 11.7 Å². The van der Waals surface area contributed by atoms with Crippen LogP contribution < -0.4 is 24.1 Å². The SMILES string of the molecule is CCN(C(=O)Cn1nc(OS(=O)(=O)c2ccc(C)cc2)c2[nH]cnc2c1=O)c1ccc2c(c1F)OC(F)(F)O2. The van der Waals surface area contributed by atoms with Gasteiger partial charge in [-0.15, -0.1) is 13.9 Å². The van der Waals surface area contributed by atoms with E-state index < -0.39 is 63.3 Å². The zero-order valence-corrected chi connectivity index (χ0v) is 21.0. The van der Waals surface area contributed by atoms with Crippen molar-refractivity contribution in [3.63, 3.8) is 0 Å². The largest absolute Gasteiger partial charge is 0.586 e. The lowest BCUT2D eigenvalue weighted by Gasteiger charge is -2.22. The number of rotatable bonds is 7. The number of amides is 1. The predicted octanol–water partition coefficient (Wildman–Crippen LogP) is 2.71. The van der Waals surface area contributed by atoms with E-state index in [4.69, 9.17) is 4.18 Å². The molecule has 0 fully saturated rings. The number of likely N-dealkylation sites (N-methyl/N-ethyl adjacent to an activating group) is 1. The van der Waals surface area contributed by atoms with Crippen LogP contribution in [0, 0.1) is 12.7 Å². The van der Waals surface area contributed by atoms with Crippen molar-refractivity contribution in [1.82, 2.24) is 19.7 Å². The predicted molar refractivity (Wildman–Crippen MR) is 128 cm³/mol. The Morgan fingerprint density at radius 3 is 2.59 bits per heavy atom. The fourth-order valence-electron chi connectivity index (χ4n) is 3.84. The fourth-order valence-corrected chi connectivity index (χ4v) is 4.73. The topological polar surface area (TPSA) is 146 Å². The van der Waals surface area contributed by atoms with Crippen molar-refractivity contribution in [1.29, 1.82) is 0 Å². The summed E-state index contributed by atoms with van der Waals surface area (Å²) in [5.41, 5.74) is -0.888. The number of anilines is 1. The second-order valence-corrected chi connectivity index (χ2v) is 9.82. The molecular formula is C23H18F3N5O7S. The Kier molecular flexibility index (Phi) is 6.21. The molecule has 3 heterocycles. The maximum atomic E-state index is 15.0. The van der Waals surface area contributed by atoms with Gasteiger partial charge in [-0.3, -0.25) is 9.59 Å². The molecule has 1 N–H and O–H groups in total. The van der Waals surface area contributed by atoms with E-state index in [-0.39, 0.29) is 22.5 Å². The van der Waals surface area contributed by atoms with E-state index in [1.807, 2.05) is 0 Å². The summed E-state index contributed by atoms with van der Waals surface area (Å²) in [7, 11) is -4.40. The zero-order chi connectivity index (χ0) is 28.1. The smallest absolute Gasteiger partial charge is 0.395 e. The summed E-state index contributed by atoms with van der Waals surface area (Å²) >= 11 is 0. The second-order valence-electron chi connectivity index (χ2n) is 8.28. The third kappa shape index (κ3) is 4.73. The van der Waals surface area contributed by atoms with Gasteiger partial charge in [-0.1, -0.05) is 17.7 Å². The summed E-state index contributed by atoms with van der Waals surface area (Å²) in [6, 6.07) is 7.81. The van der Waals surface area contributed by atoms with Gasteiger partial charge >= 0.3 is 16.4 Å². The molecule has 1 amide bonds. The van der Waals surface area contributed by atoms with Crippen molar-refractivity contribution < 1.29 is 40.0 Å². The maximum Gasteiger partial charge on any atom is 0.586 e. The van der Waals surface area contributed by atoms with Crippen molar-refractivity contribution in [3.8, 4) is 17.4 Å². The quantitative estimate of drug-likeness (QED) is 0.334. The number of aromatic amines is 1.